The lowest BCUT2D eigenvalue weighted by Crippen LogP contribution is -2.08. The monoisotopic (exact) mass is 328 g/mol. The molecule has 2 rings (SSSR count). The molecule has 7 heteroatoms. The predicted octanol–water partition coefficient (Wildman–Crippen LogP) is 4.24. The zero-order valence-corrected chi connectivity index (χ0v) is 12.4. The van der Waals surface area contributed by atoms with Crippen molar-refractivity contribution in [3.63, 3.8) is 0 Å². The number of esters is 1. The van der Waals surface area contributed by atoms with Gasteiger partial charge < -0.3 is 15.8 Å². The molecule has 0 fully saturated rings. The minimum atomic E-state index is -0.644. The van der Waals surface area contributed by atoms with Gasteiger partial charge in [0.05, 0.1) is 29.1 Å². The van der Waals surface area contributed by atoms with E-state index < -0.39 is 11.8 Å². The highest BCUT2D eigenvalue weighted by Gasteiger charge is 2.17. The number of rotatable bonds is 3. The Morgan fingerprint density at radius 2 is 2.00 bits per heavy atom. The molecule has 0 radical (unpaired) electrons. The van der Waals surface area contributed by atoms with E-state index in [1.165, 1.54) is 37.4 Å². The second-order valence-corrected chi connectivity index (χ2v) is 5.01. The van der Waals surface area contributed by atoms with Crippen molar-refractivity contribution < 1.29 is 13.9 Å². The van der Waals surface area contributed by atoms with Gasteiger partial charge in [-0.25, -0.2) is 9.18 Å². The van der Waals surface area contributed by atoms with E-state index in [2.05, 4.69) is 10.1 Å². The molecule has 3 N–H and O–H groups in total. The molecule has 0 spiro atoms. The van der Waals surface area contributed by atoms with Gasteiger partial charge in [0.1, 0.15) is 5.82 Å². The summed E-state index contributed by atoms with van der Waals surface area (Å²) >= 11 is 11.9. The number of benzene rings is 2. The van der Waals surface area contributed by atoms with Crippen LogP contribution in [-0.4, -0.2) is 13.1 Å². The summed E-state index contributed by atoms with van der Waals surface area (Å²) in [5, 5.41) is 3.24. The van der Waals surface area contributed by atoms with Gasteiger partial charge in [-0.2, -0.15) is 0 Å². The number of carbonyl (C=O) groups excluding carboxylic acids is 1. The van der Waals surface area contributed by atoms with Crippen molar-refractivity contribution >= 4 is 46.2 Å². The van der Waals surface area contributed by atoms with Crippen LogP contribution in [0.1, 0.15) is 10.4 Å². The van der Waals surface area contributed by atoms with Crippen LogP contribution in [-0.2, 0) is 4.74 Å². The molecule has 2 aromatic carbocycles. The Bertz CT molecular complexity index is 708. The van der Waals surface area contributed by atoms with Gasteiger partial charge in [-0.1, -0.05) is 23.2 Å². The number of hydrogen-bond acceptors (Lipinski definition) is 4. The summed E-state index contributed by atoms with van der Waals surface area (Å²) in [7, 11) is 1.23. The Kier molecular flexibility index (Phi) is 4.55. The number of carbonyl (C=O) groups is 1. The highest BCUT2D eigenvalue weighted by atomic mass is 35.5. The van der Waals surface area contributed by atoms with E-state index in [0.29, 0.717) is 5.02 Å². The van der Waals surface area contributed by atoms with Crippen LogP contribution in [0.15, 0.2) is 30.3 Å². The van der Waals surface area contributed by atoms with E-state index in [1.807, 2.05) is 0 Å². The first-order valence-corrected chi connectivity index (χ1v) is 6.57. The first-order chi connectivity index (χ1) is 9.92. The largest absolute Gasteiger partial charge is 0.465 e. The Morgan fingerprint density at radius 3 is 2.67 bits per heavy atom. The minimum Gasteiger partial charge on any atom is -0.465 e. The van der Waals surface area contributed by atoms with Crippen molar-refractivity contribution in [3.05, 3.63) is 51.8 Å². The third kappa shape index (κ3) is 3.37. The molecule has 0 heterocycles. The number of halogens is 3. The second kappa shape index (κ2) is 6.20. The molecule has 0 aliphatic heterocycles. The second-order valence-electron chi connectivity index (χ2n) is 4.17. The lowest BCUT2D eigenvalue weighted by Gasteiger charge is -2.14. The molecule has 0 aliphatic rings. The van der Waals surface area contributed by atoms with E-state index in [0.717, 1.165) is 0 Å². The molecule has 0 bridgehead atoms. The molecule has 0 saturated heterocycles. The van der Waals surface area contributed by atoms with E-state index in [-0.39, 0.29) is 27.6 Å². The maximum absolute atomic E-state index is 13.8. The third-order valence-corrected chi connectivity index (χ3v) is 3.24. The smallest absolute Gasteiger partial charge is 0.340 e. The van der Waals surface area contributed by atoms with E-state index in [1.54, 1.807) is 0 Å². The Hall–Kier alpha value is -1.98. The van der Waals surface area contributed by atoms with Gasteiger partial charge in [0.15, 0.2) is 0 Å². The van der Waals surface area contributed by atoms with Gasteiger partial charge in [0.25, 0.3) is 0 Å². The fourth-order valence-corrected chi connectivity index (χ4v) is 2.20. The number of anilines is 3. The first kappa shape index (κ1) is 15.4. The van der Waals surface area contributed by atoms with E-state index in [4.69, 9.17) is 28.9 Å². The van der Waals surface area contributed by atoms with Crippen molar-refractivity contribution in [1.82, 2.24) is 0 Å². The van der Waals surface area contributed by atoms with Crippen molar-refractivity contribution in [2.45, 2.75) is 0 Å². The van der Waals surface area contributed by atoms with Crippen LogP contribution in [0.25, 0.3) is 0 Å². The van der Waals surface area contributed by atoms with Crippen LogP contribution >= 0.6 is 23.2 Å². The summed E-state index contributed by atoms with van der Waals surface area (Å²) in [5.74, 6) is -1.18. The van der Waals surface area contributed by atoms with Crippen LogP contribution in [0, 0.1) is 5.82 Å². The van der Waals surface area contributed by atoms with Crippen LogP contribution < -0.4 is 11.1 Å². The molecule has 0 unspecified atom stereocenters. The third-order valence-electron chi connectivity index (χ3n) is 2.71. The Morgan fingerprint density at radius 1 is 1.29 bits per heavy atom. The molecule has 0 atom stereocenters. The van der Waals surface area contributed by atoms with Gasteiger partial charge in [-0.15, -0.1) is 0 Å². The summed E-state index contributed by atoms with van der Waals surface area (Å²) < 4.78 is 18.4. The van der Waals surface area contributed by atoms with Gasteiger partial charge in [-0.05, 0) is 30.3 Å². The fourth-order valence-electron chi connectivity index (χ4n) is 1.75. The Labute approximate surface area is 130 Å². The summed E-state index contributed by atoms with van der Waals surface area (Å²) in [6.07, 6.45) is 0. The SMILES string of the molecule is COC(=O)c1cc(N)cc(Cl)c1Nc1cc(Cl)ccc1F. The normalized spacial score (nSPS) is 10.3. The molecular formula is C14H11Cl2FN2O2. The number of hydrogen-bond donors (Lipinski definition) is 2. The lowest BCUT2D eigenvalue weighted by atomic mass is 10.1. The van der Waals surface area contributed by atoms with Gasteiger partial charge >= 0.3 is 5.97 Å². The Balaban J connectivity index is 2.53. The molecule has 2 aromatic rings. The molecule has 0 saturated carbocycles. The molecule has 4 nitrogen and oxygen atoms in total. The fraction of sp³-hybridized carbons (Fsp3) is 0.0714. The first-order valence-electron chi connectivity index (χ1n) is 5.81. The van der Waals surface area contributed by atoms with E-state index in [9.17, 15) is 9.18 Å². The summed E-state index contributed by atoms with van der Waals surface area (Å²) in [4.78, 5) is 11.8. The van der Waals surface area contributed by atoms with Crippen molar-refractivity contribution in [2.24, 2.45) is 0 Å². The maximum atomic E-state index is 13.8. The number of nitrogen functional groups attached to an aromatic ring is 1. The summed E-state index contributed by atoms with van der Waals surface area (Å²) in [6, 6.07) is 6.83. The van der Waals surface area contributed by atoms with Gasteiger partial charge in [0, 0.05) is 10.7 Å². The van der Waals surface area contributed by atoms with Crippen LogP contribution in [0.2, 0.25) is 10.0 Å². The molecule has 0 amide bonds. The standard InChI is InChI=1S/C14H11Cl2FN2O2/c1-21-14(20)9-5-8(18)6-10(16)13(9)19-12-4-7(15)2-3-11(12)17/h2-6,19H,18H2,1H3. The van der Waals surface area contributed by atoms with Crippen molar-refractivity contribution in [2.75, 3.05) is 18.2 Å². The zero-order valence-electron chi connectivity index (χ0n) is 10.9. The predicted molar refractivity (Wildman–Crippen MR) is 81.9 cm³/mol. The molecule has 110 valence electrons. The number of methoxy groups -OCH3 is 1. The zero-order chi connectivity index (χ0) is 15.6. The summed E-state index contributed by atoms with van der Waals surface area (Å²) in [5.41, 5.74) is 6.32. The average Bonchev–Trinajstić information content (AvgIpc) is 2.44. The van der Waals surface area contributed by atoms with Gasteiger partial charge in [0.2, 0.25) is 0 Å². The van der Waals surface area contributed by atoms with E-state index >= 15 is 0 Å². The van der Waals surface area contributed by atoms with Crippen LogP contribution in [0.5, 0.6) is 0 Å². The topological polar surface area (TPSA) is 64.3 Å². The number of ether oxygens (including phenoxy) is 1. The minimum absolute atomic E-state index is 0.0827. The highest BCUT2D eigenvalue weighted by molar-refractivity contribution is 6.34. The van der Waals surface area contributed by atoms with Crippen molar-refractivity contribution in [3.8, 4) is 0 Å². The van der Waals surface area contributed by atoms with Crippen LogP contribution in [0.4, 0.5) is 21.5 Å². The molecule has 0 aliphatic carbocycles. The summed E-state index contributed by atoms with van der Waals surface area (Å²) in [6.45, 7) is 0. The maximum Gasteiger partial charge on any atom is 0.340 e. The lowest BCUT2D eigenvalue weighted by molar-refractivity contribution is 0.0602. The molecular weight excluding hydrogens is 318 g/mol. The molecule has 0 aromatic heterocycles. The number of nitrogens with two attached hydrogens (primary N) is 1. The van der Waals surface area contributed by atoms with Gasteiger partial charge in [-0.3, -0.25) is 0 Å². The quantitative estimate of drug-likeness (QED) is 0.653. The van der Waals surface area contributed by atoms with Crippen molar-refractivity contribution in [1.29, 1.82) is 0 Å². The average molecular weight is 329 g/mol. The van der Waals surface area contributed by atoms with Crippen LogP contribution in [0.3, 0.4) is 0 Å². The molecule has 21 heavy (non-hydrogen) atoms. The highest BCUT2D eigenvalue weighted by Crippen LogP contribution is 2.33. The number of nitrogens with one attached hydrogen (secondary N) is 1.